The van der Waals surface area contributed by atoms with Crippen molar-refractivity contribution in [3.8, 4) is 0 Å². The summed E-state index contributed by atoms with van der Waals surface area (Å²) in [5, 5.41) is 3.14. The van der Waals surface area contributed by atoms with Crippen LogP contribution in [0.4, 0.5) is 0 Å². The molecule has 0 bridgehead atoms. The minimum absolute atomic E-state index is 0.0571. The van der Waals surface area contributed by atoms with Gasteiger partial charge in [0, 0.05) is 25.6 Å². The average molecular weight is 452 g/mol. The van der Waals surface area contributed by atoms with Gasteiger partial charge in [-0.3, -0.25) is 9.59 Å². The molecule has 2 amide bonds. The Bertz CT molecular complexity index is 1010. The van der Waals surface area contributed by atoms with E-state index in [9.17, 15) is 14.4 Å². The topological polar surface area (TPSA) is 80.6 Å². The van der Waals surface area contributed by atoms with E-state index in [0.29, 0.717) is 50.4 Å². The number of fused-ring (bicyclic) bond motifs is 1. The third-order valence-corrected chi connectivity index (χ3v) is 6.75. The Morgan fingerprint density at radius 2 is 1.97 bits per heavy atom. The monoisotopic (exact) mass is 451 g/mol. The van der Waals surface area contributed by atoms with Crippen LogP contribution in [-0.2, 0) is 22.7 Å². The first kappa shape index (κ1) is 23.2. The van der Waals surface area contributed by atoms with Crippen LogP contribution >= 0.6 is 0 Å². The van der Waals surface area contributed by atoms with Crippen LogP contribution in [0.5, 0.6) is 0 Å². The van der Waals surface area contributed by atoms with E-state index >= 15 is 0 Å². The van der Waals surface area contributed by atoms with Crippen LogP contribution in [0.15, 0.2) is 36.4 Å². The van der Waals surface area contributed by atoms with Gasteiger partial charge in [0.05, 0.1) is 30.5 Å². The molecular weight excluding hydrogens is 418 g/mol. The van der Waals surface area contributed by atoms with Gasteiger partial charge >= 0.3 is 0 Å². The van der Waals surface area contributed by atoms with Crippen LogP contribution in [0.2, 0.25) is 0 Å². The first-order chi connectivity index (χ1) is 16.0. The first-order valence-electron chi connectivity index (χ1n) is 12.0. The fourth-order valence-corrected chi connectivity index (χ4v) is 4.96. The smallest absolute Gasteiger partial charge is 0.270 e. The number of carbonyl (C=O) groups is 3. The van der Waals surface area contributed by atoms with Gasteiger partial charge in [0.2, 0.25) is 0 Å². The average Bonchev–Trinajstić information content (AvgIpc) is 3.46. The molecular formula is C26H33N3O4. The van der Waals surface area contributed by atoms with Crippen molar-refractivity contribution < 1.29 is 19.1 Å². The zero-order valence-corrected chi connectivity index (χ0v) is 19.5. The summed E-state index contributed by atoms with van der Waals surface area (Å²) in [6, 6.07) is 11.6. The number of Topliss-reactive ketones (excluding diaryl/α,β-unsaturated/α-hetero) is 1. The van der Waals surface area contributed by atoms with Gasteiger partial charge in [0.25, 0.3) is 11.8 Å². The Kier molecular flexibility index (Phi) is 7.28. The van der Waals surface area contributed by atoms with E-state index in [2.05, 4.69) is 5.32 Å². The Morgan fingerprint density at radius 1 is 1.18 bits per heavy atom. The van der Waals surface area contributed by atoms with Crippen molar-refractivity contribution in [3.05, 3.63) is 58.9 Å². The molecule has 7 nitrogen and oxygen atoms in total. The number of nitrogens with one attached hydrogen (secondary N) is 1. The molecule has 0 radical (unpaired) electrons. The van der Waals surface area contributed by atoms with Crippen molar-refractivity contribution >= 4 is 17.6 Å². The van der Waals surface area contributed by atoms with E-state index in [1.165, 1.54) is 0 Å². The maximum Gasteiger partial charge on any atom is 0.270 e. The fraction of sp³-hybridized carbons (Fsp3) is 0.500. The Hall–Kier alpha value is -2.93. The number of rotatable bonds is 8. The second-order valence-corrected chi connectivity index (χ2v) is 8.97. The SMILES string of the molecule is CC[C@@H](NC(=O)c1cc(C(=O)N2CCC[C@@H]2CCC(C)=O)n2c1COCC2)c1ccccc1. The number of nitrogens with zero attached hydrogens (tertiary/aromatic N) is 2. The molecule has 4 rings (SSSR count). The number of ether oxygens (including phenoxy) is 1. The Morgan fingerprint density at radius 3 is 2.70 bits per heavy atom. The summed E-state index contributed by atoms with van der Waals surface area (Å²) >= 11 is 0. The highest BCUT2D eigenvalue weighted by atomic mass is 16.5. The minimum atomic E-state index is -0.187. The predicted octanol–water partition coefficient (Wildman–Crippen LogP) is 3.87. The third-order valence-electron chi connectivity index (χ3n) is 6.75. The molecule has 33 heavy (non-hydrogen) atoms. The van der Waals surface area contributed by atoms with Crippen LogP contribution in [0, 0.1) is 0 Å². The van der Waals surface area contributed by atoms with Crippen molar-refractivity contribution in [3.63, 3.8) is 0 Å². The van der Waals surface area contributed by atoms with E-state index < -0.39 is 0 Å². The van der Waals surface area contributed by atoms with Gasteiger partial charge in [-0.15, -0.1) is 0 Å². The summed E-state index contributed by atoms with van der Waals surface area (Å²) in [7, 11) is 0. The molecule has 0 saturated carbocycles. The molecule has 0 aliphatic carbocycles. The molecule has 176 valence electrons. The molecule has 1 N–H and O–H groups in total. The lowest BCUT2D eigenvalue weighted by Crippen LogP contribution is -2.37. The second-order valence-electron chi connectivity index (χ2n) is 8.97. The van der Waals surface area contributed by atoms with Crippen LogP contribution in [0.25, 0.3) is 0 Å². The Balaban J connectivity index is 1.58. The molecule has 2 aliphatic rings. The van der Waals surface area contributed by atoms with Crippen LogP contribution in [0.1, 0.15) is 84.1 Å². The maximum absolute atomic E-state index is 13.6. The summed E-state index contributed by atoms with van der Waals surface area (Å²) in [6.45, 7) is 5.69. The van der Waals surface area contributed by atoms with Crippen LogP contribution in [0.3, 0.4) is 0 Å². The van der Waals surface area contributed by atoms with E-state index in [1.807, 2.05) is 46.7 Å². The van der Waals surface area contributed by atoms with E-state index in [4.69, 9.17) is 4.74 Å². The highest BCUT2D eigenvalue weighted by Crippen LogP contribution is 2.28. The molecule has 1 aromatic heterocycles. The molecule has 3 heterocycles. The lowest BCUT2D eigenvalue weighted by Gasteiger charge is -2.26. The highest BCUT2D eigenvalue weighted by Gasteiger charge is 2.34. The van der Waals surface area contributed by atoms with Crippen molar-refractivity contribution in [1.29, 1.82) is 0 Å². The van der Waals surface area contributed by atoms with Gasteiger partial charge in [-0.2, -0.15) is 0 Å². The highest BCUT2D eigenvalue weighted by molar-refractivity contribution is 6.01. The normalized spacial score (nSPS) is 18.6. The molecule has 1 fully saturated rings. The fourth-order valence-electron chi connectivity index (χ4n) is 4.96. The third kappa shape index (κ3) is 5.03. The molecule has 1 aromatic carbocycles. The molecule has 0 spiro atoms. The summed E-state index contributed by atoms with van der Waals surface area (Å²) in [4.78, 5) is 40.2. The Labute approximate surface area is 195 Å². The maximum atomic E-state index is 13.6. The molecule has 2 aromatic rings. The molecule has 7 heteroatoms. The number of hydrogen-bond acceptors (Lipinski definition) is 4. The van der Waals surface area contributed by atoms with E-state index in [1.54, 1.807) is 13.0 Å². The zero-order valence-electron chi connectivity index (χ0n) is 19.5. The molecule has 1 saturated heterocycles. The van der Waals surface area contributed by atoms with Crippen molar-refractivity contribution in [1.82, 2.24) is 14.8 Å². The van der Waals surface area contributed by atoms with Gasteiger partial charge in [-0.1, -0.05) is 37.3 Å². The van der Waals surface area contributed by atoms with Crippen molar-refractivity contribution in [2.45, 2.75) is 71.2 Å². The van der Waals surface area contributed by atoms with Crippen LogP contribution < -0.4 is 5.32 Å². The number of hydrogen-bond donors (Lipinski definition) is 1. The second kappa shape index (κ2) is 10.3. The summed E-state index contributed by atoms with van der Waals surface area (Å²) in [5.41, 5.74) is 2.86. The minimum Gasteiger partial charge on any atom is -0.373 e. The van der Waals surface area contributed by atoms with E-state index in [0.717, 1.165) is 30.5 Å². The van der Waals surface area contributed by atoms with Crippen molar-refractivity contribution in [2.75, 3.05) is 13.2 Å². The largest absolute Gasteiger partial charge is 0.373 e. The predicted molar refractivity (Wildman–Crippen MR) is 125 cm³/mol. The molecule has 0 unspecified atom stereocenters. The number of aromatic nitrogens is 1. The summed E-state index contributed by atoms with van der Waals surface area (Å²) in [6.07, 6.45) is 3.80. The quantitative estimate of drug-likeness (QED) is 0.661. The number of benzene rings is 1. The zero-order chi connectivity index (χ0) is 23.4. The van der Waals surface area contributed by atoms with Gasteiger partial charge in [-0.25, -0.2) is 0 Å². The number of amides is 2. The summed E-state index contributed by atoms with van der Waals surface area (Å²) < 4.78 is 7.59. The molecule has 2 aliphatic heterocycles. The summed E-state index contributed by atoms with van der Waals surface area (Å²) in [5.74, 6) is -0.0960. The number of ketones is 1. The lowest BCUT2D eigenvalue weighted by molar-refractivity contribution is -0.117. The van der Waals surface area contributed by atoms with Gasteiger partial charge in [-0.05, 0) is 44.2 Å². The number of carbonyl (C=O) groups excluding carboxylic acids is 3. The van der Waals surface area contributed by atoms with Crippen LogP contribution in [-0.4, -0.2) is 46.3 Å². The number of likely N-dealkylation sites (tertiary alicyclic amines) is 1. The van der Waals surface area contributed by atoms with Gasteiger partial charge in [0.15, 0.2) is 0 Å². The van der Waals surface area contributed by atoms with Gasteiger partial charge in [0.1, 0.15) is 11.5 Å². The van der Waals surface area contributed by atoms with Gasteiger partial charge < -0.3 is 24.3 Å². The lowest BCUT2D eigenvalue weighted by atomic mass is 10.0. The molecule has 2 atom stereocenters. The van der Waals surface area contributed by atoms with E-state index in [-0.39, 0.29) is 29.7 Å². The first-order valence-corrected chi connectivity index (χ1v) is 12.0. The van der Waals surface area contributed by atoms with Crippen molar-refractivity contribution in [2.24, 2.45) is 0 Å². The standard InChI is InChI=1S/C26H33N3O4/c1-3-22(19-8-5-4-6-9-19)27-25(31)21-16-23(29-14-15-33-17-24(21)29)26(32)28-13-7-10-20(28)12-11-18(2)30/h4-6,8-9,16,20,22H,3,7,10-15,17H2,1-2H3,(H,27,31)/t20-,22-/m1/s1.